The van der Waals surface area contributed by atoms with Crippen molar-refractivity contribution in [2.24, 2.45) is 0 Å². The zero-order valence-electron chi connectivity index (χ0n) is 25.1. The minimum Gasteiger partial charge on any atom is -0.444 e. The topological polar surface area (TPSA) is 122 Å². The van der Waals surface area contributed by atoms with E-state index in [0.29, 0.717) is 31.9 Å². The van der Waals surface area contributed by atoms with E-state index in [9.17, 15) is 31.2 Å². The van der Waals surface area contributed by atoms with Crippen LogP contribution in [0.25, 0.3) is 0 Å². The van der Waals surface area contributed by atoms with Crippen LogP contribution in [-0.2, 0) is 27.3 Å². The van der Waals surface area contributed by atoms with E-state index >= 15 is 0 Å². The molecule has 3 rings (SSSR count). The molecule has 1 atom stereocenters. The molecular weight excluding hydrogens is 644 g/mol. The lowest BCUT2D eigenvalue weighted by molar-refractivity contribution is -0.138. The number of rotatable bonds is 8. The molecule has 0 spiro atoms. The number of halogens is 5. The van der Waals surface area contributed by atoms with Crippen molar-refractivity contribution in [1.29, 1.82) is 0 Å². The number of anilines is 2. The quantitative estimate of drug-likeness (QED) is 0.304. The highest BCUT2D eigenvalue weighted by molar-refractivity contribution is 7.91. The highest BCUT2D eigenvalue weighted by Gasteiger charge is 2.38. The van der Waals surface area contributed by atoms with Gasteiger partial charge in [0.1, 0.15) is 5.60 Å². The largest absolute Gasteiger partial charge is 0.444 e. The molecule has 0 aliphatic carbocycles. The van der Waals surface area contributed by atoms with E-state index < -0.39 is 49.8 Å². The van der Waals surface area contributed by atoms with Crippen LogP contribution in [0.4, 0.5) is 29.3 Å². The summed E-state index contributed by atoms with van der Waals surface area (Å²) in [5.74, 6) is -1.22. The number of hydrogen-bond acceptors (Lipinski definition) is 7. The highest BCUT2D eigenvalue weighted by Crippen LogP contribution is 2.41. The summed E-state index contributed by atoms with van der Waals surface area (Å²) < 4.78 is 74.4. The second kappa shape index (κ2) is 13.7. The van der Waals surface area contributed by atoms with Gasteiger partial charge in [-0.1, -0.05) is 30.1 Å². The molecule has 3 N–H and O–H groups in total. The van der Waals surface area contributed by atoms with Gasteiger partial charge in [-0.15, -0.1) is 0 Å². The monoisotopic (exact) mass is 680 g/mol. The van der Waals surface area contributed by atoms with Crippen LogP contribution >= 0.6 is 23.2 Å². The van der Waals surface area contributed by atoms with Gasteiger partial charge in [0.2, 0.25) is 0 Å². The Hall–Kier alpha value is -2.74. The number of nitrogens with two attached hydrogens (primary N) is 1. The minimum atomic E-state index is -4.91. The molecule has 1 heterocycles. The Bertz CT molecular complexity index is 1510. The van der Waals surface area contributed by atoms with E-state index in [-0.39, 0.29) is 51.7 Å². The Morgan fingerprint density at radius 3 is 2.43 bits per heavy atom. The molecule has 9 nitrogen and oxygen atoms in total. The molecule has 0 unspecified atom stereocenters. The van der Waals surface area contributed by atoms with Crippen molar-refractivity contribution in [2.45, 2.75) is 76.2 Å². The van der Waals surface area contributed by atoms with Crippen LogP contribution in [0.5, 0.6) is 0 Å². The number of nitrogens with one attached hydrogen (secondary N) is 1. The summed E-state index contributed by atoms with van der Waals surface area (Å²) >= 11 is 12.6. The van der Waals surface area contributed by atoms with Gasteiger partial charge in [0, 0.05) is 31.2 Å². The maximum atomic E-state index is 14.4. The molecule has 1 aliphatic heterocycles. The molecule has 44 heavy (non-hydrogen) atoms. The number of carbonyl (C=O) groups excluding carboxylic acids is 2. The van der Waals surface area contributed by atoms with Crippen LogP contribution in [0.3, 0.4) is 0 Å². The van der Waals surface area contributed by atoms with Crippen LogP contribution in [0.1, 0.15) is 68.4 Å². The third-order valence-corrected chi connectivity index (χ3v) is 9.57. The van der Waals surface area contributed by atoms with Gasteiger partial charge >= 0.3 is 12.3 Å². The van der Waals surface area contributed by atoms with Gasteiger partial charge in [0.05, 0.1) is 38.2 Å². The number of ether oxygens (including phenoxy) is 1. The van der Waals surface area contributed by atoms with Crippen LogP contribution in [0.2, 0.25) is 10.0 Å². The Morgan fingerprint density at radius 2 is 1.84 bits per heavy atom. The van der Waals surface area contributed by atoms with Crippen LogP contribution in [0.15, 0.2) is 29.2 Å². The summed E-state index contributed by atoms with van der Waals surface area (Å²) in [6.07, 6.45) is -4.03. The highest BCUT2D eigenvalue weighted by atomic mass is 35.5. The maximum absolute atomic E-state index is 14.4. The Balaban J connectivity index is 1.97. The number of sulfone groups is 1. The zero-order valence-corrected chi connectivity index (χ0v) is 27.5. The molecule has 1 aliphatic rings. The van der Waals surface area contributed by atoms with Gasteiger partial charge in [-0.05, 0) is 76.4 Å². The molecule has 2 amide bonds. The van der Waals surface area contributed by atoms with Crippen molar-refractivity contribution in [3.8, 4) is 0 Å². The van der Waals surface area contributed by atoms with Crippen molar-refractivity contribution >= 4 is 56.4 Å². The number of hydrogen-bond donors (Lipinski definition) is 2. The molecule has 0 radical (unpaired) electrons. The molecule has 0 bridgehead atoms. The predicted molar refractivity (Wildman–Crippen MR) is 165 cm³/mol. The van der Waals surface area contributed by atoms with Crippen molar-refractivity contribution in [3.05, 3.63) is 51.0 Å². The molecular formula is C29H37Cl2F3N4O5S. The molecule has 1 fully saturated rings. The molecule has 0 saturated carbocycles. The molecule has 2 aromatic rings. The SMILES string of the molecule is CCCS(=O)(=O)c1ccc(Cl)cc1N(C)C(=O)c1cc(C(F)(F)F)c(CN2CCC[C@@H](NC(=O)OC(C)(C)C)C2)c(Cl)c1N. The second-order valence-electron chi connectivity index (χ2n) is 11.7. The van der Waals surface area contributed by atoms with Crippen molar-refractivity contribution in [2.75, 3.05) is 36.5 Å². The summed E-state index contributed by atoms with van der Waals surface area (Å²) in [5, 5.41) is 2.43. The lowest BCUT2D eigenvalue weighted by atomic mass is 9.98. The van der Waals surface area contributed by atoms with Gasteiger partial charge in [-0.2, -0.15) is 13.2 Å². The molecule has 1 saturated heterocycles. The maximum Gasteiger partial charge on any atom is 0.416 e. The van der Waals surface area contributed by atoms with E-state index in [1.807, 2.05) is 0 Å². The number of nitrogen functional groups attached to an aromatic ring is 1. The Morgan fingerprint density at radius 1 is 1.18 bits per heavy atom. The van der Waals surface area contributed by atoms with Crippen molar-refractivity contribution in [1.82, 2.24) is 10.2 Å². The smallest absolute Gasteiger partial charge is 0.416 e. The molecule has 2 aromatic carbocycles. The molecule has 15 heteroatoms. The minimum absolute atomic E-state index is 0.110. The first-order chi connectivity index (χ1) is 20.2. The van der Waals surface area contributed by atoms with Crippen molar-refractivity contribution in [3.63, 3.8) is 0 Å². The van der Waals surface area contributed by atoms with E-state index in [1.54, 1.807) is 32.6 Å². The number of alkyl halides is 3. The summed E-state index contributed by atoms with van der Waals surface area (Å²) in [5.41, 5.74) is 2.97. The fourth-order valence-corrected chi connectivity index (χ4v) is 6.97. The standard InChI is InChI=1S/C29H37Cl2F3N4O5S/c1-6-12-44(41,42)23-10-9-17(30)13-22(23)37(5)26(39)19-14-21(29(32,33)34)20(24(31)25(19)35)16-38-11-7-8-18(15-38)36-27(40)43-28(2,3)4/h9-10,13-14,18H,6-8,11-12,15-16,35H2,1-5H3,(H,36,40)/t18-/m1/s1. The normalized spacial score (nSPS) is 16.5. The van der Waals surface area contributed by atoms with E-state index in [2.05, 4.69) is 5.32 Å². The van der Waals surface area contributed by atoms with Crippen molar-refractivity contribution < 1.29 is 35.9 Å². The number of benzene rings is 2. The Kier molecular flexibility index (Phi) is 11.1. The predicted octanol–water partition coefficient (Wildman–Crippen LogP) is 6.54. The van der Waals surface area contributed by atoms with Crippen LogP contribution in [-0.4, -0.2) is 62.9 Å². The number of alkyl carbamates (subject to hydrolysis) is 1. The van der Waals surface area contributed by atoms with E-state index in [0.717, 1.165) is 4.90 Å². The zero-order chi connectivity index (χ0) is 33.2. The lowest BCUT2D eigenvalue weighted by Crippen LogP contribution is -2.48. The number of likely N-dealkylation sites (tertiary alicyclic amines) is 1. The van der Waals surface area contributed by atoms with Gasteiger partial charge in [0.15, 0.2) is 9.84 Å². The summed E-state index contributed by atoms with van der Waals surface area (Å²) in [4.78, 5) is 28.3. The molecule has 244 valence electrons. The second-order valence-corrected chi connectivity index (χ2v) is 14.6. The van der Waals surface area contributed by atoms with Crippen LogP contribution < -0.4 is 16.0 Å². The first kappa shape index (κ1) is 35.7. The number of nitrogens with zero attached hydrogens (tertiary/aromatic N) is 2. The summed E-state index contributed by atoms with van der Waals surface area (Å²) in [6.45, 7) is 7.26. The number of piperidine rings is 1. The molecule has 0 aromatic heterocycles. The van der Waals surface area contributed by atoms with Gasteiger partial charge < -0.3 is 20.7 Å². The third kappa shape index (κ3) is 8.70. The third-order valence-electron chi connectivity index (χ3n) is 6.94. The summed E-state index contributed by atoms with van der Waals surface area (Å²) in [6, 6.07) is 4.12. The lowest BCUT2D eigenvalue weighted by Gasteiger charge is -2.34. The van der Waals surface area contributed by atoms with Crippen LogP contribution in [0, 0.1) is 0 Å². The first-order valence-electron chi connectivity index (χ1n) is 14.0. The van der Waals surface area contributed by atoms with Gasteiger partial charge in [-0.3, -0.25) is 9.69 Å². The first-order valence-corrected chi connectivity index (χ1v) is 16.4. The van der Waals surface area contributed by atoms with Gasteiger partial charge in [-0.25, -0.2) is 13.2 Å². The van der Waals surface area contributed by atoms with E-state index in [1.165, 1.54) is 25.2 Å². The average molecular weight is 682 g/mol. The van der Waals surface area contributed by atoms with E-state index in [4.69, 9.17) is 33.7 Å². The van der Waals surface area contributed by atoms with Gasteiger partial charge in [0.25, 0.3) is 5.91 Å². The fraction of sp³-hybridized carbons (Fsp3) is 0.517. The fourth-order valence-electron chi connectivity index (χ4n) is 4.99. The number of carbonyl (C=O) groups is 2. The Labute approximate surface area is 265 Å². The summed E-state index contributed by atoms with van der Waals surface area (Å²) in [7, 11) is -2.62. The number of amides is 2. The average Bonchev–Trinajstić information content (AvgIpc) is 2.88.